The summed E-state index contributed by atoms with van der Waals surface area (Å²) in [5, 5.41) is 10.7. The monoisotopic (exact) mass is 285 g/mol. The second-order valence-corrected chi connectivity index (χ2v) is 5.17. The molecule has 21 heavy (non-hydrogen) atoms. The fraction of sp³-hybridized carbons (Fsp3) is 0.471. The lowest BCUT2D eigenvalue weighted by atomic mass is 10.0. The first-order chi connectivity index (χ1) is 10.2. The van der Waals surface area contributed by atoms with Crippen molar-refractivity contribution < 1.29 is 4.74 Å². The number of ether oxygens (including phenoxy) is 1. The van der Waals surface area contributed by atoms with Crippen LogP contribution in [0.2, 0.25) is 0 Å². The third-order valence-corrected chi connectivity index (χ3v) is 3.91. The molecule has 2 aromatic rings. The summed E-state index contributed by atoms with van der Waals surface area (Å²) in [6.45, 7) is 6.10. The molecule has 0 aliphatic rings. The van der Waals surface area contributed by atoms with E-state index in [1.165, 1.54) is 0 Å². The predicted molar refractivity (Wildman–Crippen MR) is 85.4 cm³/mol. The van der Waals surface area contributed by atoms with Crippen LogP contribution in [0.1, 0.15) is 38.3 Å². The standard InChI is InChI=1S/C17H23N3O/c1-4-6-9-20(5-2)17(11-18)15-12-19-16-8-7-13(21-3)10-14(15)16/h7-8,10,12,17,19H,4-6,9H2,1-3H3. The molecular weight excluding hydrogens is 262 g/mol. The minimum atomic E-state index is -0.220. The van der Waals surface area contributed by atoms with Gasteiger partial charge in [0.15, 0.2) is 0 Å². The molecule has 1 unspecified atom stereocenters. The Bertz CT molecular complexity index is 626. The molecule has 0 bridgehead atoms. The number of aromatic amines is 1. The van der Waals surface area contributed by atoms with Crippen molar-refractivity contribution in [3.63, 3.8) is 0 Å². The number of nitrogens with zero attached hydrogens (tertiary/aromatic N) is 2. The summed E-state index contributed by atoms with van der Waals surface area (Å²) < 4.78 is 5.30. The third-order valence-electron chi connectivity index (χ3n) is 3.91. The molecule has 0 spiro atoms. The number of hydrogen-bond acceptors (Lipinski definition) is 3. The van der Waals surface area contributed by atoms with E-state index in [2.05, 4.69) is 29.8 Å². The molecule has 0 fully saturated rings. The van der Waals surface area contributed by atoms with Gasteiger partial charge in [0.1, 0.15) is 11.8 Å². The molecule has 0 saturated carbocycles. The van der Waals surface area contributed by atoms with E-state index in [1.807, 2.05) is 24.4 Å². The van der Waals surface area contributed by atoms with Gasteiger partial charge in [-0.25, -0.2) is 0 Å². The Morgan fingerprint density at radius 2 is 2.19 bits per heavy atom. The summed E-state index contributed by atoms with van der Waals surface area (Å²) in [5.74, 6) is 0.816. The molecule has 2 rings (SSSR count). The molecule has 1 aromatic carbocycles. The lowest BCUT2D eigenvalue weighted by Gasteiger charge is -2.25. The highest BCUT2D eigenvalue weighted by atomic mass is 16.5. The maximum Gasteiger partial charge on any atom is 0.125 e. The molecule has 0 saturated heterocycles. The molecule has 0 amide bonds. The smallest absolute Gasteiger partial charge is 0.125 e. The minimum Gasteiger partial charge on any atom is -0.497 e. The summed E-state index contributed by atoms with van der Waals surface area (Å²) in [7, 11) is 1.66. The van der Waals surface area contributed by atoms with E-state index >= 15 is 0 Å². The maximum absolute atomic E-state index is 9.65. The van der Waals surface area contributed by atoms with Crippen LogP contribution >= 0.6 is 0 Å². The van der Waals surface area contributed by atoms with Crippen molar-refractivity contribution in [2.45, 2.75) is 32.7 Å². The Labute approximate surface area is 126 Å². The Morgan fingerprint density at radius 1 is 1.38 bits per heavy atom. The number of hydrogen-bond donors (Lipinski definition) is 1. The summed E-state index contributed by atoms with van der Waals surface area (Å²) in [5.41, 5.74) is 2.07. The lowest BCUT2D eigenvalue weighted by molar-refractivity contribution is 0.246. The summed E-state index contributed by atoms with van der Waals surface area (Å²) >= 11 is 0. The Kier molecular flexibility index (Phi) is 5.24. The van der Waals surface area contributed by atoms with Crippen LogP contribution in [0, 0.1) is 11.3 Å². The van der Waals surface area contributed by atoms with E-state index in [-0.39, 0.29) is 6.04 Å². The number of unbranched alkanes of at least 4 members (excludes halogenated alkanes) is 1. The van der Waals surface area contributed by atoms with Crippen molar-refractivity contribution in [1.82, 2.24) is 9.88 Å². The van der Waals surface area contributed by atoms with Gasteiger partial charge in [-0.1, -0.05) is 20.3 Å². The molecule has 0 aliphatic heterocycles. The fourth-order valence-corrected chi connectivity index (χ4v) is 2.65. The van der Waals surface area contributed by atoms with Crippen LogP contribution in [-0.4, -0.2) is 30.1 Å². The van der Waals surface area contributed by atoms with Gasteiger partial charge in [-0.3, -0.25) is 4.90 Å². The molecule has 4 heteroatoms. The van der Waals surface area contributed by atoms with E-state index in [0.717, 1.165) is 48.1 Å². The van der Waals surface area contributed by atoms with Gasteiger partial charge in [-0.2, -0.15) is 5.26 Å². The molecule has 112 valence electrons. The Balaban J connectivity index is 2.39. The molecule has 1 aromatic heterocycles. The summed E-state index contributed by atoms with van der Waals surface area (Å²) in [6, 6.07) is 8.16. The molecular formula is C17H23N3O. The van der Waals surface area contributed by atoms with Gasteiger partial charge < -0.3 is 9.72 Å². The average molecular weight is 285 g/mol. The highest BCUT2D eigenvalue weighted by Gasteiger charge is 2.21. The maximum atomic E-state index is 9.65. The van der Waals surface area contributed by atoms with Crippen molar-refractivity contribution in [3.8, 4) is 11.8 Å². The molecule has 0 radical (unpaired) electrons. The van der Waals surface area contributed by atoms with Crippen LogP contribution in [0.3, 0.4) is 0 Å². The Morgan fingerprint density at radius 3 is 2.81 bits per heavy atom. The summed E-state index contributed by atoms with van der Waals surface area (Å²) in [6.07, 6.45) is 4.20. The van der Waals surface area contributed by atoms with Crippen molar-refractivity contribution in [2.24, 2.45) is 0 Å². The lowest BCUT2D eigenvalue weighted by Crippen LogP contribution is -2.28. The van der Waals surface area contributed by atoms with Gasteiger partial charge in [0.25, 0.3) is 0 Å². The van der Waals surface area contributed by atoms with Gasteiger partial charge in [-0.15, -0.1) is 0 Å². The first kappa shape index (κ1) is 15.4. The average Bonchev–Trinajstić information content (AvgIpc) is 2.94. The zero-order chi connectivity index (χ0) is 15.2. The van der Waals surface area contributed by atoms with Crippen molar-refractivity contribution >= 4 is 10.9 Å². The van der Waals surface area contributed by atoms with Crippen LogP contribution in [0.15, 0.2) is 24.4 Å². The van der Waals surface area contributed by atoms with E-state index < -0.39 is 0 Å². The van der Waals surface area contributed by atoms with Crippen LogP contribution in [0.25, 0.3) is 10.9 Å². The molecule has 1 N–H and O–H groups in total. The van der Waals surface area contributed by atoms with Crippen LogP contribution < -0.4 is 4.74 Å². The quantitative estimate of drug-likeness (QED) is 0.840. The van der Waals surface area contributed by atoms with E-state index in [1.54, 1.807) is 7.11 Å². The van der Waals surface area contributed by atoms with Gasteiger partial charge in [-0.05, 0) is 37.7 Å². The predicted octanol–water partition coefficient (Wildman–Crippen LogP) is 3.86. The topological polar surface area (TPSA) is 52.0 Å². The molecule has 4 nitrogen and oxygen atoms in total. The SMILES string of the molecule is CCCCN(CC)C(C#N)c1c[nH]c2ccc(OC)cc12. The van der Waals surface area contributed by atoms with Gasteiger partial charge in [0.2, 0.25) is 0 Å². The number of nitrogens with one attached hydrogen (secondary N) is 1. The Hall–Kier alpha value is -1.99. The van der Waals surface area contributed by atoms with E-state index in [4.69, 9.17) is 4.74 Å². The van der Waals surface area contributed by atoms with Gasteiger partial charge >= 0.3 is 0 Å². The number of fused-ring (bicyclic) bond motifs is 1. The second-order valence-electron chi connectivity index (χ2n) is 5.17. The first-order valence-corrected chi connectivity index (χ1v) is 7.53. The number of rotatable bonds is 7. The molecule has 1 atom stereocenters. The van der Waals surface area contributed by atoms with Crippen molar-refractivity contribution in [3.05, 3.63) is 30.0 Å². The normalized spacial score (nSPS) is 12.5. The highest BCUT2D eigenvalue weighted by molar-refractivity contribution is 5.85. The zero-order valence-corrected chi connectivity index (χ0v) is 13.0. The number of benzene rings is 1. The van der Waals surface area contributed by atoms with Crippen LogP contribution in [-0.2, 0) is 0 Å². The number of aromatic nitrogens is 1. The van der Waals surface area contributed by atoms with Crippen LogP contribution in [0.4, 0.5) is 0 Å². The van der Waals surface area contributed by atoms with E-state index in [9.17, 15) is 5.26 Å². The zero-order valence-electron chi connectivity index (χ0n) is 13.0. The van der Waals surface area contributed by atoms with Gasteiger partial charge in [0.05, 0.1) is 13.2 Å². The summed E-state index contributed by atoms with van der Waals surface area (Å²) in [4.78, 5) is 5.48. The minimum absolute atomic E-state index is 0.220. The number of nitriles is 1. The number of H-pyrrole nitrogens is 1. The number of methoxy groups -OCH3 is 1. The second kappa shape index (κ2) is 7.14. The van der Waals surface area contributed by atoms with Crippen molar-refractivity contribution in [2.75, 3.05) is 20.2 Å². The van der Waals surface area contributed by atoms with Crippen LogP contribution in [0.5, 0.6) is 5.75 Å². The van der Waals surface area contributed by atoms with Crippen molar-refractivity contribution in [1.29, 1.82) is 5.26 Å². The highest BCUT2D eigenvalue weighted by Crippen LogP contribution is 2.30. The first-order valence-electron chi connectivity index (χ1n) is 7.53. The fourth-order valence-electron chi connectivity index (χ4n) is 2.65. The van der Waals surface area contributed by atoms with E-state index in [0.29, 0.717) is 0 Å². The third kappa shape index (κ3) is 3.20. The largest absolute Gasteiger partial charge is 0.497 e. The molecule has 0 aliphatic carbocycles. The van der Waals surface area contributed by atoms with Gasteiger partial charge in [0, 0.05) is 22.7 Å². The molecule has 1 heterocycles.